The highest BCUT2D eigenvalue weighted by molar-refractivity contribution is 5.92. The fourth-order valence-corrected chi connectivity index (χ4v) is 3.61. The van der Waals surface area contributed by atoms with Crippen LogP contribution in [-0.4, -0.2) is 64.1 Å². The van der Waals surface area contributed by atoms with Crippen molar-refractivity contribution in [1.82, 2.24) is 25.0 Å². The Hall–Kier alpha value is -3.06. The van der Waals surface area contributed by atoms with Crippen LogP contribution < -0.4 is 5.56 Å². The molecule has 0 spiro atoms. The number of amides is 1. The molecule has 144 valence electrons. The Morgan fingerprint density at radius 1 is 1.11 bits per heavy atom. The van der Waals surface area contributed by atoms with Crippen molar-refractivity contribution < 1.29 is 4.79 Å². The maximum absolute atomic E-state index is 12.9. The Morgan fingerprint density at radius 2 is 1.93 bits per heavy atom. The molecule has 3 aromatic rings. The molecule has 0 bridgehead atoms. The predicted octanol–water partition coefficient (Wildman–Crippen LogP) is 1.69. The second kappa shape index (κ2) is 7.90. The summed E-state index contributed by atoms with van der Waals surface area (Å²) in [6.45, 7) is 3.34. The molecule has 2 aromatic heterocycles. The Labute approximate surface area is 163 Å². The number of likely N-dealkylation sites (N-methyl/N-ethyl adjacent to an activating group) is 1. The number of carbonyl (C=O) groups excluding carboxylic acids is 1. The van der Waals surface area contributed by atoms with E-state index < -0.39 is 0 Å². The summed E-state index contributed by atoms with van der Waals surface area (Å²) in [7, 11) is 2.08. The second-order valence-electron chi connectivity index (χ2n) is 7.22. The van der Waals surface area contributed by atoms with Crippen molar-refractivity contribution in [1.29, 1.82) is 0 Å². The molecule has 1 amide bonds. The standard InChI is InChI=1S/C21H23N5O2/c1-25-9-4-10-26(12-11-25)21(28)19-14-15(7-8-22-19)13-18-16-5-2-3-6-17(16)20(27)24-23-18/h2-3,5-8,14H,4,9-13H2,1H3,(H,24,27). The maximum Gasteiger partial charge on any atom is 0.272 e. The fraction of sp³-hybridized carbons (Fsp3) is 0.333. The number of nitrogens with zero attached hydrogens (tertiary/aromatic N) is 4. The van der Waals surface area contributed by atoms with Crippen LogP contribution in [0.3, 0.4) is 0 Å². The lowest BCUT2D eigenvalue weighted by molar-refractivity contribution is 0.0757. The van der Waals surface area contributed by atoms with Crippen molar-refractivity contribution >= 4 is 16.7 Å². The first-order valence-electron chi connectivity index (χ1n) is 9.51. The number of nitrogens with one attached hydrogen (secondary N) is 1. The zero-order valence-electron chi connectivity index (χ0n) is 15.9. The van der Waals surface area contributed by atoms with Crippen LogP contribution in [0, 0.1) is 0 Å². The summed E-state index contributed by atoms with van der Waals surface area (Å²) in [6.07, 6.45) is 3.15. The van der Waals surface area contributed by atoms with Gasteiger partial charge in [-0.05, 0) is 43.8 Å². The van der Waals surface area contributed by atoms with Gasteiger partial charge < -0.3 is 9.80 Å². The number of carbonyl (C=O) groups is 1. The zero-order valence-corrected chi connectivity index (χ0v) is 15.9. The van der Waals surface area contributed by atoms with Crippen molar-refractivity contribution in [3.8, 4) is 0 Å². The van der Waals surface area contributed by atoms with Crippen molar-refractivity contribution in [3.63, 3.8) is 0 Å². The number of aromatic amines is 1. The van der Waals surface area contributed by atoms with E-state index in [1.165, 1.54) is 0 Å². The lowest BCUT2D eigenvalue weighted by Crippen LogP contribution is -2.35. The highest BCUT2D eigenvalue weighted by atomic mass is 16.2. The Kier molecular flexibility index (Phi) is 5.16. The maximum atomic E-state index is 12.9. The molecule has 1 aliphatic rings. The largest absolute Gasteiger partial charge is 0.336 e. The summed E-state index contributed by atoms with van der Waals surface area (Å²) in [5.74, 6) is -0.0311. The molecule has 3 heterocycles. The number of rotatable bonds is 3. The van der Waals surface area contributed by atoms with E-state index in [0.29, 0.717) is 24.0 Å². The third-order valence-electron chi connectivity index (χ3n) is 5.20. The summed E-state index contributed by atoms with van der Waals surface area (Å²) in [6, 6.07) is 11.1. The van der Waals surface area contributed by atoms with Gasteiger partial charge in [-0.25, -0.2) is 5.10 Å². The highest BCUT2D eigenvalue weighted by Crippen LogP contribution is 2.17. The van der Waals surface area contributed by atoms with Gasteiger partial charge in [0.2, 0.25) is 0 Å². The van der Waals surface area contributed by atoms with Crippen LogP contribution in [0.1, 0.15) is 28.2 Å². The van der Waals surface area contributed by atoms with Crippen molar-refractivity contribution in [2.45, 2.75) is 12.8 Å². The zero-order chi connectivity index (χ0) is 19.5. The topological polar surface area (TPSA) is 82.2 Å². The molecule has 1 N–H and O–H groups in total. The number of fused-ring (bicyclic) bond motifs is 1. The van der Waals surface area contributed by atoms with Crippen LogP contribution in [-0.2, 0) is 6.42 Å². The highest BCUT2D eigenvalue weighted by Gasteiger charge is 2.20. The molecule has 0 aliphatic carbocycles. The molecular formula is C21H23N5O2. The van der Waals surface area contributed by atoms with E-state index in [-0.39, 0.29) is 11.5 Å². The van der Waals surface area contributed by atoms with Gasteiger partial charge in [0.05, 0.1) is 11.1 Å². The third kappa shape index (κ3) is 3.80. The molecule has 0 saturated carbocycles. The van der Waals surface area contributed by atoms with Gasteiger partial charge in [0.15, 0.2) is 0 Å². The molecule has 1 fully saturated rings. The van der Waals surface area contributed by atoms with Crippen molar-refractivity contribution in [2.24, 2.45) is 0 Å². The monoisotopic (exact) mass is 377 g/mol. The average Bonchev–Trinajstić information content (AvgIpc) is 2.94. The van der Waals surface area contributed by atoms with Crippen LogP contribution >= 0.6 is 0 Å². The Balaban J connectivity index is 1.59. The molecule has 0 radical (unpaired) electrons. The van der Waals surface area contributed by atoms with Gasteiger partial charge in [-0.3, -0.25) is 14.6 Å². The number of benzene rings is 1. The number of hydrogen-bond acceptors (Lipinski definition) is 5. The first-order chi connectivity index (χ1) is 13.6. The van der Waals surface area contributed by atoms with Gasteiger partial charge >= 0.3 is 0 Å². The molecule has 28 heavy (non-hydrogen) atoms. The molecule has 7 heteroatoms. The normalized spacial score (nSPS) is 15.5. The predicted molar refractivity (Wildman–Crippen MR) is 107 cm³/mol. The quantitative estimate of drug-likeness (QED) is 0.751. The van der Waals surface area contributed by atoms with Gasteiger partial charge in [0.1, 0.15) is 5.69 Å². The van der Waals surface area contributed by atoms with Gasteiger partial charge in [-0.1, -0.05) is 18.2 Å². The first kappa shape index (κ1) is 18.3. The van der Waals surface area contributed by atoms with E-state index >= 15 is 0 Å². The molecule has 0 unspecified atom stereocenters. The number of H-pyrrole nitrogens is 1. The van der Waals surface area contributed by atoms with Crippen LogP contribution in [0.5, 0.6) is 0 Å². The fourth-order valence-electron chi connectivity index (χ4n) is 3.61. The summed E-state index contributed by atoms with van der Waals surface area (Å²) in [5.41, 5.74) is 1.97. The minimum Gasteiger partial charge on any atom is -0.336 e. The van der Waals surface area contributed by atoms with E-state index in [1.54, 1.807) is 12.3 Å². The van der Waals surface area contributed by atoms with E-state index in [1.807, 2.05) is 35.2 Å². The molecule has 0 atom stereocenters. The van der Waals surface area contributed by atoms with E-state index in [2.05, 4.69) is 27.1 Å². The summed E-state index contributed by atoms with van der Waals surface area (Å²) in [5, 5.41) is 8.23. The van der Waals surface area contributed by atoms with Crippen LogP contribution in [0.25, 0.3) is 10.8 Å². The summed E-state index contributed by atoms with van der Waals surface area (Å²) < 4.78 is 0. The van der Waals surface area contributed by atoms with E-state index in [0.717, 1.165) is 42.7 Å². The average molecular weight is 377 g/mol. The van der Waals surface area contributed by atoms with Gasteiger partial charge in [0.25, 0.3) is 11.5 Å². The van der Waals surface area contributed by atoms with Gasteiger partial charge in [-0.2, -0.15) is 5.10 Å². The van der Waals surface area contributed by atoms with Crippen LogP contribution in [0.2, 0.25) is 0 Å². The van der Waals surface area contributed by atoms with Crippen molar-refractivity contribution in [3.05, 3.63) is 69.9 Å². The lowest BCUT2D eigenvalue weighted by atomic mass is 10.0. The van der Waals surface area contributed by atoms with Gasteiger partial charge in [-0.15, -0.1) is 0 Å². The second-order valence-corrected chi connectivity index (χ2v) is 7.22. The summed E-state index contributed by atoms with van der Waals surface area (Å²) in [4.78, 5) is 33.3. The smallest absolute Gasteiger partial charge is 0.272 e. The van der Waals surface area contributed by atoms with Crippen molar-refractivity contribution in [2.75, 3.05) is 33.2 Å². The molecule has 4 rings (SSSR count). The third-order valence-corrected chi connectivity index (χ3v) is 5.20. The van der Waals surface area contributed by atoms with Gasteiger partial charge in [0, 0.05) is 37.6 Å². The number of hydrogen-bond donors (Lipinski definition) is 1. The Morgan fingerprint density at radius 3 is 2.79 bits per heavy atom. The number of pyridine rings is 1. The van der Waals surface area contributed by atoms with Crippen LogP contribution in [0.4, 0.5) is 0 Å². The molecule has 1 aliphatic heterocycles. The molecule has 7 nitrogen and oxygen atoms in total. The number of aromatic nitrogens is 3. The minimum absolute atomic E-state index is 0.0311. The first-order valence-corrected chi connectivity index (χ1v) is 9.51. The summed E-state index contributed by atoms with van der Waals surface area (Å²) >= 11 is 0. The van der Waals surface area contributed by atoms with E-state index in [9.17, 15) is 9.59 Å². The SMILES string of the molecule is CN1CCCN(C(=O)c2cc(Cc3n[nH]c(=O)c4ccccc34)ccn2)CC1. The lowest BCUT2D eigenvalue weighted by Gasteiger charge is -2.20. The molecule has 1 aromatic carbocycles. The van der Waals surface area contributed by atoms with Crippen LogP contribution in [0.15, 0.2) is 47.4 Å². The van der Waals surface area contributed by atoms with E-state index in [4.69, 9.17) is 0 Å². The molecule has 1 saturated heterocycles. The minimum atomic E-state index is -0.198. The molecular weight excluding hydrogens is 354 g/mol. The Bertz CT molecular complexity index is 1060.